The Bertz CT molecular complexity index is 1130. The van der Waals surface area contributed by atoms with Gasteiger partial charge in [-0.05, 0) is 54.1 Å². The fourth-order valence-electron chi connectivity index (χ4n) is 3.92. The molecule has 2 aliphatic heterocycles. The second-order valence-corrected chi connectivity index (χ2v) is 8.05. The van der Waals surface area contributed by atoms with Gasteiger partial charge in [0.05, 0.1) is 23.9 Å². The van der Waals surface area contributed by atoms with Crippen LogP contribution in [0.2, 0.25) is 10.0 Å². The summed E-state index contributed by atoms with van der Waals surface area (Å²) in [5.41, 5.74) is 3.59. The van der Waals surface area contributed by atoms with E-state index in [1.165, 1.54) is 12.1 Å². The van der Waals surface area contributed by atoms with Crippen molar-refractivity contribution in [1.29, 1.82) is 0 Å². The lowest BCUT2D eigenvalue weighted by Crippen LogP contribution is -2.33. The SMILES string of the molecule is COc1ccc(C2=NN3[C@H](C2)c2cc(Cl)cc(Cl)c2O[C@@H]3c2ccc(F)cc2)cc1. The first kappa shape index (κ1) is 19.2. The van der Waals surface area contributed by atoms with Gasteiger partial charge in [0, 0.05) is 22.6 Å². The highest BCUT2D eigenvalue weighted by Crippen LogP contribution is 2.50. The molecule has 0 saturated heterocycles. The van der Waals surface area contributed by atoms with Gasteiger partial charge in [-0.25, -0.2) is 9.40 Å². The fraction of sp³-hybridized carbons (Fsp3) is 0.174. The van der Waals surface area contributed by atoms with Crippen molar-refractivity contribution in [3.63, 3.8) is 0 Å². The standard InChI is InChI=1S/C23H17Cl2FN2O2/c1-29-17-8-4-13(5-9-17)20-12-21-18-10-15(24)11-19(25)22(18)30-23(28(21)27-20)14-2-6-16(26)7-3-14/h2-11,21,23H,12H2,1H3/t21-,23-/m1/s1. The van der Waals surface area contributed by atoms with Crippen LogP contribution in [0.5, 0.6) is 11.5 Å². The Hall–Kier alpha value is -2.76. The van der Waals surface area contributed by atoms with Crippen LogP contribution >= 0.6 is 23.2 Å². The first-order valence-electron chi connectivity index (χ1n) is 9.45. The van der Waals surface area contributed by atoms with Crippen LogP contribution in [0.25, 0.3) is 0 Å². The Balaban J connectivity index is 1.60. The van der Waals surface area contributed by atoms with Gasteiger partial charge in [-0.2, -0.15) is 5.10 Å². The van der Waals surface area contributed by atoms with Crippen molar-refractivity contribution in [3.8, 4) is 11.5 Å². The van der Waals surface area contributed by atoms with Gasteiger partial charge in [0.1, 0.15) is 17.3 Å². The summed E-state index contributed by atoms with van der Waals surface area (Å²) in [4.78, 5) is 0. The summed E-state index contributed by atoms with van der Waals surface area (Å²) in [6, 6.07) is 17.4. The largest absolute Gasteiger partial charge is 0.497 e. The molecule has 2 atom stereocenters. The lowest BCUT2D eigenvalue weighted by molar-refractivity contribution is -0.0189. The highest BCUT2D eigenvalue weighted by Gasteiger charge is 2.42. The van der Waals surface area contributed by atoms with Crippen molar-refractivity contribution in [3.05, 3.63) is 93.2 Å². The van der Waals surface area contributed by atoms with Crippen molar-refractivity contribution in [2.75, 3.05) is 7.11 Å². The second kappa shape index (κ2) is 7.49. The molecule has 5 rings (SSSR count). The van der Waals surface area contributed by atoms with Gasteiger partial charge in [-0.15, -0.1) is 0 Å². The third-order valence-electron chi connectivity index (χ3n) is 5.39. The van der Waals surface area contributed by atoms with Crippen LogP contribution < -0.4 is 9.47 Å². The third-order valence-corrected chi connectivity index (χ3v) is 5.89. The van der Waals surface area contributed by atoms with Crippen LogP contribution in [0.1, 0.15) is 35.4 Å². The Morgan fingerprint density at radius 1 is 1.07 bits per heavy atom. The number of methoxy groups -OCH3 is 1. The van der Waals surface area contributed by atoms with E-state index in [0.29, 0.717) is 22.2 Å². The number of nitrogens with zero attached hydrogens (tertiary/aromatic N) is 2. The van der Waals surface area contributed by atoms with E-state index >= 15 is 0 Å². The Labute approximate surface area is 183 Å². The number of rotatable bonds is 3. The molecule has 152 valence electrons. The van der Waals surface area contributed by atoms with E-state index in [-0.39, 0.29) is 11.9 Å². The number of benzene rings is 3. The van der Waals surface area contributed by atoms with E-state index in [2.05, 4.69) is 0 Å². The van der Waals surface area contributed by atoms with E-state index in [1.54, 1.807) is 25.3 Å². The van der Waals surface area contributed by atoms with Crippen molar-refractivity contribution >= 4 is 28.9 Å². The quantitative estimate of drug-likeness (QED) is 0.471. The van der Waals surface area contributed by atoms with Crippen molar-refractivity contribution in [2.24, 2.45) is 5.10 Å². The van der Waals surface area contributed by atoms with Gasteiger partial charge in [-0.1, -0.05) is 35.3 Å². The van der Waals surface area contributed by atoms with Crippen LogP contribution in [0.4, 0.5) is 4.39 Å². The maximum Gasteiger partial charge on any atom is 0.213 e. The average molecular weight is 443 g/mol. The van der Waals surface area contributed by atoms with E-state index in [4.69, 9.17) is 37.8 Å². The molecule has 0 bridgehead atoms. The molecule has 3 aromatic rings. The van der Waals surface area contributed by atoms with E-state index in [0.717, 1.165) is 28.2 Å². The maximum atomic E-state index is 13.5. The maximum absolute atomic E-state index is 13.5. The summed E-state index contributed by atoms with van der Waals surface area (Å²) in [7, 11) is 1.64. The number of halogens is 3. The zero-order chi connectivity index (χ0) is 20.8. The molecule has 0 aromatic heterocycles. The van der Waals surface area contributed by atoms with Gasteiger partial charge in [0.15, 0.2) is 0 Å². The summed E-state index contributed by atoms with van der Waals surface area (Å²) in [5.74, 6) is 1.06. The number of hydrogen-bond donors (Lipinski definition) is 0. The van der Waals surface area contributed by atoms with Crippen LogP contribution in [0.15, 0.2) is 65.8 Å². The highest BCUT2D eigenvalue weighted by atomic mass is 35.5. The second-order valence-electron chi connectivity index (χ2n) is 7.20. The van der Waals surface area contributed by atoms with Crippen LogP contribution in [-0.2, 0) is 0 Å². The molecule has 0 amide bonds. The van der Waals surface area contributed by atoms with Gasteiger partial charge in [-0.3, -0.25) is 0 Å². The summed E-state index contributed by atoms with van der Waals surface area (Å²) in [6.45, 7) is 0. The number of fused-ring (bicyclic) bond motifs is 3. The number of hydrazone groups is 1. The third kappa shape index (κ3) is 3.28. The van der Waals surface area contributed by atoms with E-state index in [9.17, 15) is 4.39 Å². The van der Waals surface area contributed by atoms with E-state index in [1.807, 2.05) is 35.3 Å². The molecule has 0 radical (unpaired) electrons. The molecule has 0 N–H and O–H groups in total. The monoisotopic (exact) mass is 442 g/mol. The molecule has 0 saturated carbocycles. The molecule has 0 unspecified atom stereocenters. The molecule has 0 fully saturated rings. The number of hydrogen-bond acceptors (Lipinski definition) is 4. The van der Waals surface area contributed by atoms with Crippen molar-refractivity contribution in [2.45, 2.75) is 18.7 Å². The molecule has 2 heterocycles. The average Bonchev–Trinajstić information content (AvgIpc) is 3.20. The topological polar surface area (TPSA) is 34.1 Å². The van der Waals surface area contributed by atoms with E-state index < -0.39 is 6.23 Å². The minimum Gasteiger partial charge on any atom is -0.497 e. The smallest absolute Gasteiger partial charge is 0.213 e. The molecule has 2 aliphatic rings. The lowest BCUT2D eigenvalue weighted by atomic mass is 9.96. The lowest BCUT2D eigenvalue weighted by Gasteiger charge is -2.38. The molecule has 4 nitrogen and oxygen atoms in total. The van der Waals surface area contributed by atoms with Gasteiger partial charge < -0.3 is 9.47 Å². The molecular weight excluding hydrogens is 426 g/mol. The fourth-order valence-corrected chi connectivity index (χ4v) is 4.47. The molecule has 3 aromatic carbocycles. The van der Waals surface area contributed by atoms with Crippen LogP contribution in [-0.4, -0.2) is 17.8 Å². The van der Waals surface area contributed by atoms with Crippen LogP contribution in [0, 0.1) is 5.82 Å². The molecule has 0 aliphatic carbocycles. The summed E-state index contributed by atoms with van der Waals surface area (Å²) in [6.07, 6.45) is 0.134. The Kier molecular flexibility index (Phi) is 4.80. The number of ether oxygens (including phenoxy) is 2. The first-order valence-corrected chi connectivity index (χ1v) is 10.2. The highest BCUT2D eigenvalue weighted by molar-refractivity contribution is 6.35. The predicted octanol–water partition coefficient (Wildman–Crippen LogP) is 6.38. The van der Waals surface area contributed by atoms with Gasteiger partial charge >= 0.3 is 0 Å². The molecule has 0 spiro atoms. The van der Waals surface area contributed by atoms with Gasteiger partial charge in [0.25, 0.3) is 0 Å². The van der Waals surface area contributed by atoms with Crippen molar-refractivity contribution < 1.29 is 13.9 Å². The minimum atomic E-state index is -0.530. The molecule has 7 heteroatoms. The Morgan fingerprint density at radius 2 is 1.80 bits per heavy atom. The molecule has 30 heavy (non-hydrogen) atoms. The summed E-state index contributed by atoms with van der Waals surface area (Å²) < 4.78 is 25.0. The van der Waals surface area contributed by atoms with Crippen molar-refractivity contribution in [1.82, 2.24) is 5.01 Å². The summed E-state index contributed by atoms with van der Waals surface area (Å²) >= 11 is 12.7. The predicted molar refractivity (Wildman–Crippen MR) is 115 cm³/mol. The van der Waals surface area contributed by atoms with Gasteiger partial charge in [0.2, 0.25) is 6.23 Å². The van der Waals surface area contributed by atoms with Crippen LogP contribution in [0.3, 0.4) is 0 Å². The zero-order valence-electron chi connectivity index (χ0n) is 16.0. The minimum absolute atomic E-state index is 0.0999. The molecular formula is C23H17Cl2FN2O2. The normalized spacial score (nSPS) is 19.6. The zero-order valence-corrected chi connectivity index (χ0v) is 17.5. The first-order chi connectivity index (χ1) is 14.5. The Morgan fingerprint density at radius 3 is 2.50 bits per heavy atom. The summed E-state index contributed by atoms with van der Waals surface area (Å²) in [5, 5.41) is 7.77.